The van der Waals surface area contributed by atoms with Gasteiger partial charge in [0.05, 0.1) is 11.8 Å². The second-order valence-electron chi connectivity index (χ2n) is 18.1. The molecule has 6 heterocycles. The normalized spacial score (nSPS) is 22.8. The Morgan fingerprint density at radius 2 is 1.62 bits per heavy atom. The van der Waals surface area contributed by atoms with Gasteiger partial charge in [0.25, 0.3) is 16.1 Å². The van der Waals surface area contributed by atoms with E-state index in [1.165, 1.54) is 24.5 Å². The van der Waals surface area contributed by atoms with Crippen LogP contribution >= 0.6 is 0 Å². The fourth-order valence-electron chi connectivity index (χ4n) is 9.23. The standard InChI is InChI=1S/C39H57FN8O6S/c1-27(2)48(28(3)4)35(49)31-16-30(40)8-9-32(31)53-33-17-41-26-42-34(33)44-13-10-29(19-44)18-43-20-38(21-43)11-14-46(15-12-38)55(51,52)47-24-39(25-47)22-45(23-39)36(50)54-37(5,6)7/h8-9,16-17,26-29H,10-15,18-25H2,1-7H3/t29-/m0/s1. The molecule has 0 saturated carbocycles. The summed E-state index contributed by atoms with van der Waals surface area (Å²) >= 11 is 0. The van der Waals surface area contributed by atoms with Gasteiger partial charge in [0.15, 0.2) is 11.6 Å². The van der Waals surface area contributed by atoms with E-state index in [0.717, 1.165) is 52.0 Å². The van der Waals surface area contributed by atoms with Gasteiger partial charge in [-0.1, -0.05) is 0 Å². The number of nitrogens with zero attached hydrogens (tertiary/aromatic N) is 8. The molecule has 2 aromatic rings. The lowest BCUT2D eigenvalue weighted by Crippen LogP contribution is -2.75. The highest BCUT2D eigenvalue weighted by Crippen LogP contribution is 2.45. The molecule has 0 N–H and O–H groups in total. The predicted octanol–water partition coefficient (Wildman–Crippen LogP) is 4.69. The van der Waals surface area contributed by atoms with E-state index >= 15 is 0 Å². The van der Waals surface area contributed by atoms with Crippen LogP contribution in [0.2, 0.25) is 0 Å². The number of hydrogen-bond acceptors (Lipinski definition) is 10. The maximum absolute atomic E-state index is 14.4. The average Bonchev–Trinajstić information content (AvgIpc) is 3.51. The molecular weight excluding hydrogens is 728 g/mol. The zero-order valence-corrected chi connectivity index (χ0v) is 34.1. The number of halogens is 1. The van der Waals surface area contributed by atoms with Gasteiger partial charge < -0.3 is 29.1 Å². The molecule has 5 saturated heterocycles. The molecule has 1 aromatic heterocycles. The molecule has 302 valence electrons. The third kappa shape index (κ3) is 8.14. The van der Waals surface area contributed by atoms with Gasteiger partial charge in [-0.25, -0.2) is 19.2 Å². The summed E-state index contributed by atoms with van der Waals surface area (Å²) in [4.78, 5) is 42.8. The zero-order valence-electron chi connectivity index (χ0n) is 33.3. The van der Waals surface area contributed by atoms with Crippen LogP contribution in [0.5, 0.6) is 11.5 Å². The molecule has 2 spiro atoms. The second kappa shape index (κ2) is 14.7. The summed E-state index contributed by atoms with van der Waals surface area (Å²) in [6.45, 7) is 20.8. The summed E-state index contributed by atoms with van der Waals surface area (Å²) in [5.74, 6) is 0.926. The molecule has 5 aliphatic rings. The van der Waals surface area contributed by atoms with Crippen molar-refractivity contribution in [2.24, 2.45) is 16.7 Å². The summed E-state index contributed by atoms with van der Waals surface area (Å²) in [5.41, 5.74) is -0.394. The van der Waals surface area contributed by atoms with Crippen molar-refractivity contribution in [1.29, 1.82) is 0 Å². The van der Waals surface area contributed by atoms with E-state index in [-0.39, 0.29) is 46.2 Å². The van der Waals surface area contributed by atoms with Gasteiger partial charge in [0.1, 0.15) is 23.5 Å². The summed E-state index contributed by atoms with van der Waals surface area (Å²) in [6, 6.07) is 3.85. The molecule has 14 nitrogen and oxygen atoms in total. The Kier molecular flexibility index (Phi) is 10.6. The van der Waals surface area contributed by atoms with E-state index in [4.69, 9.17) is 9.47 Å². The van der Waals surface area contributed by atoms with Crippen LogP contribution in [0.1, 0.15) is 78.1 Å². The van der Waals surface area contributed by atoms with Crippen molar-refractivity contribution in [3.8, 4) is 11.5 Å². The first-order valence-electron chi connectivity index (χ1n) is 19.7. The van der Waals surface area contributed by atoms with Gasteiger partial charge >= 0.3 is 6.09 Å². The lowest BCUT2D eigenvalue weighted by molar-refractivity contribution is -0.0865. The number of rotatable bonds is 10. The molecule has 16 heteroatoms. The van der Waals surface area contributed by atoms with E-state index in [9.17, 15) is 22.4 Å². The fraction of sp³-hybridized carbons (Fsp3) is 0.692. The zero-order chi connectivity index (χ0) is 39.5. The predicted molar refractivity (Wildman–Crippen MR) is 206 cm³/mol. The Hall–Kier alpha value is -3.60. The fourth-order valence-corrected chi connectivity index (χ4v) is 11.1. The van der Waals surface area contributed by atoms with Gasteiger partial charge in [0, 0.05) is 89.5 Å². The number of amides is 2. The minimum Gasteiger partial charge on any atom is -0.451 e. The minimum absolute atomic E-state index is 0.0796. The molecule has 0 aliphatic carbocycles. The summed E-state index contributed by atoms with van der Waals surface area (Å²) in [6.07, 6.45) is 5.45. The highest BCUT2D eigenvalue weighted by atomic mass is 32.2. The molecule has 5 fully saturated rings. The Balaban J connectivity index is 0.882. The minimum atomic E-state index is -3.52. The number of carbonyl (C=O) groups is 2. The van der Waals surface area contributed by atoms with Gasteiger partial charge in [-0.2, -0.15) is 17.0 Å². The topological polar surface area (TPSA) is 132 Å². The van der Waals surface area contributed by atoms with Crippen LogP contribution in [0.15, 0.2) is 30.7 Å². The molecule has 0 bridgehead atoms. The SMILES string of the molecule is CC(C)N(C(=O)c1cc(F)ccc1Oc1cncnc1N1CC[C@@H](CN2CC3(CCN(S(=O)(=O)N4CC5(CN(C(=O)OC(C)(C)C)C5)C4)CC3)C2)C1)C(C)C. The van der Waals surface area contributed by atoms with Crippen molar-refractivity contribution < 1.29 is 31.9 Å². The maximum Gasteiger partial charge on any atom is 0.410 e. The Morgan fingerprint density at radius 1 is 0.945 bits per heavy atom. The van der Waals surface area contributed by atoms with E-state index in [1.54, 1.807) is 24.6 Å². The van der Waals surface area contributed by atoms with Gasteiger partial charge in [-0.3, -0.25) is 4.79 Å². The lowest BCUT2D eigenvalue weighted by Gasteiger charge is -2.60. The summed E-state index contributed by atoms with van der Waals surface area (Å²) in [7, 11) is -3.52. The number of benzene rings is 1. The maximum atomic E-state index is 14.4. The van der Waals surface area contributed by atoms with Crippen LogP contribution in [-0.4, -0.2) is 143 Å². The Morgan fingerprint density at radius 3 is 2.25 bits per heavy atom. The molecule has 1 atom stereocenters. The summed E-state index contributed by atoms with van der Waals surface area (Å²) in [5, 5.41) is 0. The van der Waals surface area contributed by atoms with Crippen LogP contribution in [0.25, 0.3) is 0 Å². The van der Waals surface area contributed by atoms with Crippen molar-refractivity contribution in [1.82, 2.24) is 33.3 Å². The van der Waals surface area contributed by atoms with Crippen LogP contribution in [0, 0.1) is 22.6 Å². The van der Waals surface area contributed by atoms with Crippen LogP contribution in [0.3, 0.4) is 0 Å². The largest absolute Gasteiger partial charge is 0.451 e. The first kappa shape index (κ1) is 39.6. The van der Waals surface area contributed by atoms with E-state index in [0.29, 0.717) is 56.8 Å². The number of likely N-dealkylation sites (tertiary alicyclic amines) is 2. The molecule has 5 aliphatic heterocycles. The van der Waals surface area contributed by atoms with Crippen molar-refractivity contribution in [3.63, 3.8) is 0 Å². The monoisotopic (exact) mass is 784 g/mol. The lowest BCUT2D eigenvalue weighted by atomic mass is 9.72. The highest BCUT2D eigenvalue weighted by Gasteiger charge is 2.58. The van der Waals surface area contributed by atoms with E-state index < -0.39 is 21.6 Å². The first-order chi connectivity index (χ1) is 25.9. The number of anilines is 1. The third-order valence-corrected chi connectivity index (χ3v) is 13.7. The summed E-state index contributed by atoms with van der Waals surface area (Å²) < 4.78 is 56.4. The first-order valence-corrected chi connectivity index (χ1v) is 21.1. The van der Waals surface area contributed by atoms with Crippen molar-refractivity contribution in [2.45, 2.75) is 85.4 Å². The molecule has 0 radical (unpaired) electrons. The smallest absolute Gasteiger partial charge is 0.410 e. The van der Waals surface area contributed by atoms with Crippen LogP contribution in [-0.2, 0) is 14.9 Å². The third-order valence-electron chi connectivity index (χ3n) is 11.8. The van der Waals surface area contributed by atoms with Crippen molar-refractivity contribution in [3.05, 3.63) is 42.1 Å². The Labute approximate surface area is 325 Å². The Bertz CT molecular complexity index is 1850. The van der Waals surface area contributed by atoms with Crippen LogP contribution in [0.4, 0.5) is 15.0 Å². The molecule has 55 heavy (non-hydrogen) atoms. The van der Waals surface area contributed by atoms with Gasteiger partial charge in [-0.05, 0) is 97.3 Å². The number of carbonyl (C=O) groups excluding carboxylic acids is 2. The number of aromatic nitrogens is 2. The van der Waals surface area contributed by atoms with Gasteiger partial charge in [0.2, 0.25) is 0 Å². The highest BCUT2D eigenvalue weighted by molar-refractivity contribution is 7.86. The average molecular weight is 785 g/mol. The molecule has 2 amide bonds. The molecule has 1 aromatic carbocycles. The quantitative estimate of drug-likeness (QED) is 0.335. The van der Waals surface area contributed by atoms with E-state index in [1.807, 2.05) is 48.5 Å². The number of ether oxygens (including phenoxy) is 2. The number of piperidine rings is 1. The van der Waals surface area contributed by atoms with Crippen molar-refractivity contribution >= 4 is 28.0 Å². The molecular formula is C39H57FN8O6S. The van der Waals surface area contributed by atoms with Crippen molar-refractivity contribution in [2.75, 3.05) is 76.9 Å². The van der Waals surface area contributed by atoms with E-state index in [2.05, 4.69) is 19.8 Å². The van der Waals surface area contributed by atoms with Gasteiger partial charge in [-0.15, -0.1) is 0 Å². The van der Waals surface area contributed by atoms with Crippen LogP contribution < -0.4 is 9.64 Å². The number of hydrogen-bond donors (Lipinski definition) is 0. The second-order valence-corrected chi connectivity index (χ2v) is 20.1. The molecule has 0 unspecified atom stereocenters. The molecule has 7 rings (SSSR count).